The lowest BCUT2D eigenvalue weighted by molar-refractivity contribution is -0.123. The number of fused-ring (bicyclic) bond motifs is 1. The Kier molecular flexibility index (Phi) is 6.20. The fourth-order valence-electron chi connectivity index (χ4n) is 2.96. The van der Waals surface area contributed by atoms with E-state index in [0.717, 1.165) is 22.6 Å². The van der Waals surface area contributed by atoms with E-state index in [0.29, 0.717) is 25.3 Å². The maximum Gasteiger partial charge on any atom is 0.237 e. The molecule has 0 aliphatic carbocycles. The summed E-state index contributed by atoms with van der Waals surface area (Å²) >= 11 is 0. The third-order valence-electron chi connectivity index (χ3n) is 4.90. The summed E-state index contributed by atoms with van der Waals surface area (Å²) in [6.45, 7) is 6.58. The molecule has 154 valence electrons. The van der Waals surface area contributed by atoms with Crippen molar-refractivity contribution in [1.29, 1.82) is 0 Å². The average Bonchev–Trinajstić information content (AvgIpc) is 3.03. The number of hydrogen-bond acceptors (Lipinski definition) is 5. The van der Waals surface area contributed by atoms with Crippen LogP contribution in [0.2, 0.25) is 0 Å². The third kappa shape index (κ3) is 4.93. The number of aryl methyl sites for hydroxylation is 2. The highest BCUT2D eigenvalue weighted by molar-refractivity contribution is 5.83. The van der Waals surface area contributed by atoms with E-state index in [1.807, 2.05) is 54.0 Å². The number of aromatic nitrogens is 2. The molecule has 7 nitrogen and oxygen atoms in total. The number of aliphatic hydroxyl groups is 1. The molecule has 0 aliphatic heterocycles. The molecule has 3 rings (SSSR count). The average molecular weight is 396 g/mol. The van der Waals surface area contributed by atoms with Crippen LogP contribution in [0.3, 0.4) is 0 Å². The van der Waals surface area contributed by atoms with Gasteiger partial charge in [0.1, 0.15) is 17.3 Å². The summed E-state index contributed by atoms with van der Waals surface area (Å²) in [7, 11) is 0. The van der Waals surface area contributed by atoms with Crippen LogP contribution in [0.4, 0.5) is 0 Å². The maximum absolute atomic E-state index is 11.6. The molecule has 0 bridgehead atoms. The van der Waals surface area contributed by atoms with Crippen LogP contribution >= 0.6 is 0 Å². The van der Waals surface area contributed by atoms with Crippen molar-refractivity contribution in [2.75, 3.05) is 6.61 Å². The summed E-state index contributed by atoms with van der Waals surface area (Å²) in [4.78, 5) is 16.3. The number of benzene rings is 2. The third-order valence-corrected chi connectivity index (χ3v) is 4.90. The molecule has 0 aliphatic rings. The van der Waals surface area contributed by atoms with Gasteiger partial charge in [-0.1, -0.05) is 17.7 Å². The Balaban J connectivity index is 1.91. The number of rotatable bonds is 9. The summed E-state index contributed by atoms with van der Waals surface area (Å²) in [6, 6.07) is 13.6. The summed E-state index contributed by atoms with van der Waals surface area (Å²) in [6.07, 6.45) is 0.598. The van der Waals surface area contributed by atoms with E-state index in [1.165, 1.54) is 5.56 Å². The molecule has 1 amide bonds. The first-order valence-corrected chi connectivity index (χ1v) is 9.69. The molecule has 0 atom stereocenters. The number of imidazole rings is 1. The predicted octanol–water partition coefficient (Wildman–Crippen LogP) is 2.87. The largest absolute Gasteiger partial charge is 0.457 e. The highest BCUT2D eigenvalue weighted by atomic mass is 16.5. The summed E-state index contributed by atoms with van der Waals surface area (Å²) in [5, 5.41) is 12.5. The Labute approximate surface area is 170 Å². The lowest BCUT2D eigenvalue weighted by Gasteiger charge is -2.22. The second-order valence-electron chi connectivity index (χ2n) is 7.67. The first-order chi connectivity index (χ1) is 13.8. The van der Waals surface area contributed by atoms with Gasteiger partial charge in [-0.3, -0.25) is 10.1 Å². The smallest absolute Gasteiger partial charge is 0.237 e. The number of carbonyl (C=O) groups is 1. The van der Waals surface area contributed by atoms with Gasteiger partial charge < -0.3 is 20.1 Å². The van der Waals surface area contributed by atoms with Crippen LogP contribution in [-0.2, 0) is 17.9 Å². The maximum atomic E-state index is 11.6. The number of aliphatic hydroxyl groups excluding tert-OH is 1. The van der Waals surface area contributed by atoms with Gasteiger partial charge in [-0.2, -0.15) is 0 Å². The van der Waals surface area contributed by atoms with Gasteiger partial charge in [-0.25, -0.2) is 4.98 Å². The fourth-order valence-corrected chi connectivity index (χ4v) is 2.96. The zero-order chi connectivity index (χ0) is 21.0. The molecule has 29 heavy (non-hydrogen) atoms. The second kappa shape index (κ2) is 8.63. The van der Waals surface area contributed by atoms with Gasteiger partial charge >= 0.3 is 0 Å². The molecule has 2 aromatic carbocycles. The van der Waals surface area contributed by atoms with Crippen molar-refractivity contribution in [2.24, 2.45) is 5.73 Å². The van der Waals surface area contributed by atoms with Crippen LogP contribution in [0.1, 0.15) is 31.7 Å². The number of primary amides is 1. The standard InChI is InChI=1S/C22H28N4O3/c1-15-5-7-16(8-6-15)29-17-9-10-18-19(13-17)26(11-4-12-27)20(25-18)14-24-22(2,3)21(23)28/h5-10,13,24,27H,4,11-12,14H2,1-3H3,(H2,23,28). The van der Waals surface area contributed by atoms with E-state index in [1.54, 1.807) is 13.8 Å². The molecule has 0 radical (unpaired) electrons. The second-order valence-corrected chi connectivity index (χ2v) is 7.67. The van der Waals surface area contributed by atoms with Crippen LogP contribution in [0.15, 0.2) is 42.5 Å². The minimum Gasteiger partial charge on any atom is -0.457 e. The Hall–Kier alpha value is -2.90. The van der Waals surface area contributed by atoms with Gasteiger partial charge in [0.15, 0.2) is 0 Å². The summed E-state index contributed by atoms with van der Waals surface area (Å²) in [5.41, 5.74) is 7.52. The van der Waals surface area contributed by atoms with E-state index in [9.17, 15) is 9.90 Å². The molecule has 4 N–H and O–H groups in total. The van der Waals surface area contributed by atoms with Gasteiger partial charge in [0.25, 0.3) is 0 Å². The van der Waals surface area contributed by atoms with Crippen LogP contribution in [0, 0.1) is 6.92 Å². The number of nitrogens with two attached hydrogens (primary N) is 1. The number of ether oxygens (including phenoxy) is 1. The first-order valence-electron chi connectivity index (χ1n) is 9.69. The Morgan fingerprint density at radius 3 is 2.55 bits per heavy atom. The van der Waals surface area contributed by atoms with E-state index >= 15 is 0 Å². The van der Waals surface area contributed by atoms with Crippen molar-refractivity contribution in [3.05, 3.63) is 53.9 Å². The normalized spacial score (nSPS) is 11.7. The topological polar surface area (TPSA) is 102 Å². The Morgan fingerprint density at radius 1 is 1.21 bits per heavy atom. The van der Waals surface area contributed by atoms with Crippen LogP contribution in [0.25, 0.3) is 11.0 Å². The van der Waals surface area contributed by atoms with Gasteiger partial charge in [-0.15, -0.1) is 0 Å². The van der Waals surface area contributed by atoms with Crippen LogP contribution in [0.5, 0.6) is 11.5 Å². The molecule has 0 fully saturated rings. The molecule has 1 heterocycles. The highest BCUT2D eigenvalue weighted by Crippen LogP contribution is 2.27. The predicted molar refractivity (Wildman–Crippen MR) is 113 cm³/mol. The van der Waals surface area contributed by atoms with Crippen molar-refractivity contribution in [2.45, 2.75) is 45.8 Å². The van der Waals surface area contributed by atoms with Crippen molar-refractivity contribution in [3.8, 4) is 11.5 Å². The van der Waals surface area contributed by atoms with Crippen molar-refractivity contribution in [3.63, 3.8) is 0 Å². The lowest BCUT2D eigenvalue weighted by atomic mass is 10.1. The van der Waals surface area contributed by atoms with Gasteiger partial charge in [0.2, 0.25) is 5.91 Å². The van der Waals surface area contributed by atoms with Crippen LogP contribution in [-0.4, -0.2) is 32.7 Å². The molecule has 1 aromatic heterocycles. The number of nitrogens with one attached hydrogen (secondary N) is 1. The van der Waals surface area contributed by atoms with E-state index in [-0.39, 0.29) is 6.61 Å². The van der Waals surface area contributed by atoms with Crippen LogP contribution < -0.4 is 15.8 Å². The molecule has 7 heteroatoms. The minimum atomic E-state index is -0.848. The zero-order valence-electron chi connectivity index (χ0n) is 17.1. The number of nitrogens with zero attached hydrogens (tertiary/aromatic N) is 2. The first kappa shape index (κ1) is 20.8. The fraction of sp³-hybridized carbons (Fsp3) is 0.364. The molecular formula is C22H28N4O3. The van der Waals surface area contributed by atoms with Crippen molar-refractivity contribution < 1.29 is 14.6 Å². The quantitative estimate of drug-likeness (QED) is 0.516. The summed E-state index contributed by atoms with van der Waals surface area (Å²) in [5.74, 6) is 1.82. The molecule has 0 saturated carbocycles. The molecule has 0 spiro atoms. The van der Waals surface area contributed by atoms with E-state index in [4.69, 9.17) is 15.5 Å². The summed E-state index contributed by atoms with van der Waals surface area (Å²) < 4.78 is 8.03. The molecule has 0 unspecified atom stereocenters. The molecule has 3 aromatic rings. The number of carbonyl (C=O) groups excluding carboxylic acids is 1. The van der Waals surface area contributed by atoms with Gasteiger partial charge in [0, 0.05) is 19.2 Å². The SMILES string of the molecule is Cc1ccc(Oc2ccc3nc(CNC(C)(C)C(N)=O)n(CCCO)c3c2)cc1. The Morgan fingerprint density at radius 2 is 1.90 bits per heavy atom. The number of amides is 1. The molecular weight excluding hydrogens is 368 g/mol. The van der Waals surface area contributed by atoms with Crippen molar-refractivity contribution in [1.82, 2.24) is 14.9 Å². The number of hydrogen-bond donors (Lipinski definition) is 3. The van der Waals surface area contributed by atoms with Crippen molar-refractivity contribution >= 4 is 16.9 Å². The highest BCUT2D eigenvalue weighted by Gasteiger charge is 2.25. The minimum absolute atomic E-state index is 0.0822. The monoisotopic (exact) mass is 396 g/mol. The van der Waals surface area contributed by atoms with E-state index in [2.05, 4.69) is 5.32 Å². The molecule has 0 saturated heterocycles. The van der Waals surface area contributed by atoms with E-state index < -0.39 is 11.4 Å². The lowest BCUT2D eigenvalue weighted by Crippen LogP contribution is -2.50. The van der Waals surface area contributed by atoms with Gasteiger partial charge in [0.05, 0.1) is 23.1 Å². The zero-order valence-corrected chi connectivity index (χ0v) is 17.1. The van der Waals surface area contributed by atoms with Gasteiger partial charge in [-0.05, 0) is 51.5 Å². The Bertz CT molecular complexity index is 993.